The fourth-order valence-corrected chi connectivity index (χ4v) is 3.04. The number of halogens is 1. The van der Waals surface area contributed by atoms with Crippen LogP contribution in [0.2, 0.25) is 5.02 Å². The molecule has 0 unspecified atom stereocenters. The van der Waals surface area contributed by atoms with Gasteiger partial charge in [-0.05, 0) is 42.1 Å². The molecule has 1 aromatic heterocycles. The smallest absolute Gasteiger partial charge is 0.163 e. The number of aromatic nitrogens is 2. The normalized spacial score (nSPS) is 11.3. The maximum atomic E-state index is 6.58. The molecule has 6 heteroatoms. The minimum Gasteiger partial charge on any atom is -0.497 e. The number of hydrogen-bond acceptors (Lipinski definition) is 5. The molecule has 0 amide bonds. The van der Waals surface area contributed by atoms with Crippen LogP contribution in [-0.4, -0.2) is 30.8 Å². The average Bonchev–Trinajstić information content (AvgIpc) is 2.71. The number of nitrogens with zero attached hydrogens (tertiary/aromatic N) is 3. The van der Waals surface area contributed by atoms with Gasteiger partial charge in [0.1, 0.15) is 11.6 Å². The van der Waals surface area contributed by atoms with Crippen LogP contribution in [0.25, 0.3) is 27.6 Å². The molecule has 0 aliphatic carbocycles. The molecule has 0 saturated carbocycles. The van der Waals surface area contributed by atoms with Gasteiger partial charge in [-0.1, -0.05) is 36.4 Å². The van der Waals surface area contributed by atoms with Crippen LogP contribution in [0.4, 0.5) is 5.82 Å². The fraction of sp³-hybridized carbons (Fsp3) is 0.0952. The molecule has 2 aromatic carbocycles. The average molecular weight is 379 g/mol. The lowest BCUT2D eigenvalue weighted by Gasteiger charge is -2.12. The van der Waals surface area contributed by atoms with Crippen molar-refractivity contribution in [2.75, 3.05) is 19.5 Å². The quantitative estimate of drug-likeness (QED) is 0.471. The molecule has 0 spiro atoms. The Labute approximate surface area is 163 Å². The first-order valence-corrected chi connectivity index (χ1v) is 8.61. The Morgan fingerprint density at radius 2 is 2.04 bits per heavy atom. The summed E-state index contributed by atoms with van der Waals surface area (Å²) in [7, 11) is 3.45. The highest BCUT2D eigenvalue weighted by Gasteiger charge is 2.14. The van der Waals surface area contributed by atoms with Crippen LogP contribution in [0, 0.1) is 0 Å². The molecule has 1 N–H and O–H groups in total. The highest BCUT2D eigenvalue weighted by molar-refractivity contribution is 6.35. The van der Waals surface area contributed by atoms with Crippen LogP contribution < -0.4 is 10.1 Å². The van der Waals surface area contributed by atoms with Crippen molar-refractivity contribution in [2.45, 2.75) is 0 Å². The van der Waals surface area contributed by atoms with Crippen molar-refractivity contribution < 1.29 is 4.74 Å². The molecule has 1 heterocycles. The SMILES string of the molecule is C=C/C(=C\N=C)c1nc(NC)c2cc(-c3cccc(OC)c3)cc(Cl)c2n1. The predicted molar refractivity (Wildman–Crippen MR) is 114 cm³/mol. The van der Waals surface area contributed by atoms with Crippen molar-refractivity contribution in [1.82, 2.24) is 9.97 Å². The third-order valence-electron chi connectivity index (χ3n) is 4.10. The summed E-state index contributed by atoms with van der Waals surface area (Å²) >= 11 is 6.58. The van der Waals surface area contributed by atoms with Crippen LogP contribution in [0.15, 0.2) is 60.2 Å². The molecule has 3 aromatic rings. The van der Waals surface area contributed by atoms with E-state index in [-0.39, 0.29) is 0 Å². The second kappa shape index (κ2) is 8.01. The Kier molecular flexibility index (Phi) is 5.52. The lowest BCUT2D eigenvalue weighted by Crippen LogP contribution is -2.01. The van der Waals surface area contributed by atoms with Gasteiger partial charge in [-0.2, -0.15) is 0 Å². The van der Waals surface area contributed by atoms with Gasteiger partial charge in [-0.25, -0.2) is 9.97 Å². The summed E-state index contributed by atoms with van der Waals surface area (Å²) in [6.45, 7) is 7.26. The highest BCUT2D eigenvalue weighted by atomic mass is 35.5. The molecule has 3 rings (SSSR count). The van der Waals surface area contributed by atoms with E-state index >= 15 is 0 Å². The number of ether oxygens (including phenoxy) is 1. The standard InChI is InChI=1S/C21H19ClN4O/c1-5-13(12-23-2)20-25-19-17(21(24-3)26-20)10-15(11-18(19)22)14-7-6-8-16(9-14)27-4/h5-12H,1-2H2,3-4H3,(H,24,25,26)/b13-12+. The summed E-state index contributed by atoms with van der Waals surface area (Å²) in [5, 5.41) is 4.47. The summed E-state index contributed by atoms with van der Waals surface area (Å²) in [6, 6.07) is 11.7. The molecule has 0 atom stereocenters. The first-order chi connectivity index (χ1) is 13.1. The van der Waals surface area contributed by atoms with Gasteiger partial charge < -0.3 is 10.1 Å². The molecule has 136 valence electrons. The number of anilines is 1. The van der Waals surface area contributed by atoms with Gasteiger partial charge in [-0.3, -0.25) is 4.99 Å². The topological polar surface area (TPSA) is 59.4 Å². The third kappa shape index (κ3) is 3.68. The first-order valence-electron chi connectivity index (χ1n) is 8.23. The Bertz CT molecular complexity index is 1060. The molecular formula is C21H19ClN4O. The zero-order chi connectivity index (χ0) is 19.4. The molecule has 0 aliphatic heterocycles. The van der Waals surface area contributed by atoms with Gasteiger partial charge in [0.15, 0.2) is 5.82 Å². The van der Waals surface area contributed by atoms with Gasteiger partial charge >= 0.3 is 0 Å². The number of rotatable bonds is 6. The number of methoxy groups -OCH3 is 1. The highest BCUT2D eigenvalue weighted by Crippen LogP contribution is 2.34. The summed E-state index contributed by atoms with van der Waals surface area (Å²) in [6.07, 6.45) is 3.19. The Hall–Kier alpha value is -3.18. The van der Waals surface area contributed by atoms with Crippen LogP contribution in [-0.2, 0) is 0 Å². The minimum absolute atomic E-state index is 0.477. The van der Waals surface area contributed by atoms with Gasteiger partial charge in [-0.15, -0.1) is 0 Å². The second-order valence-electron chi connectivity index (χ2n) is 5.70. The van der Waals surface area contributed by atoms with Crippen molar-refractivity contribution in [3.8, 4) is 16.9 Å². The summed E-state index contributed by atoms with van der Waals surface area (Å²) in [5.41, 5.74) is 3.25. The van der Waals surface area contributed by atoms with E-state index in [4.69, 9.17) is 16.3 Å². The second-order valence-corrected chi connectivity index (χ2v) is 6.11. The van der Waals surface area contributed by atoms with Gasteiger partial charge in [0, 0.05) is 24.2 Å². The summed E-state index contributed by atoms with van der Waals surface area (Å²) in [4.78, 5) is 13.0. The lowest BCUT2D eigenvalue weighted by molar-refractivity contribution is 0.415. The van der Waals surface area contributed by atoms with Crippen LogP contribution in [0.1, 0.15) is 5.82 Å². The number of fused-ring (bicyclic) bond motifs is 1. The molecular weight excluding hydrogens is 360 g/mol. The lowest BCUT2D eigenvalue weighted by atomic mass is 10.0. The molecule has 27 heavy (non-hydrogen) atoms. The van der Waals surface area contributed by atoms with E-state index in [1.165, 1.54) is 0 Å². The Morgan fingerprint density at radius 3 is 2.70 bits per heavy atom. The van der Waals surface area contributed by atoms with E-state index in [9.17, 15) is 0 Å². The van der Waals surface area contributed by atoms with Crippen LogP contribution in [0.3, 0.4) is 0 Å². The van der Waals surface area contributed by atoms with Crippen molar-refractivity contribution >= 4 is 40.6 Å². The molecule has 0 radical (unpaired) electrons. The van der Waals surface area contributed by atoms with Crippen molar-refractivity contribution in [1.29, 1.82) is 0 Å². The first kappa shape index (κ1) is 18.6. The van der Waals surface area contributed by atoms with E-state index in [0.717, 1.165) is 22.3 Å². The molecule has 0 bridgehead atoms. The van der Waals surface area contributed by atoms with E-state index in [1.807, 2.05) is 36.4 Å². The summed E-state index contributed by atoms with van der Waals surface area (Å²) < 4.78 is 5.32. The van der Waals surface area contributed by atoms with Crippen molar-refractivity contribution in [2.24, 2.45) is 4.99 Å². The van der Waals surface area contributed by atoms with E-state index in [0.29, 0.717) is 27.8 Å². The van der Waals surface area contributed by atoms with Gasteiger partial charge in [0.05, 0.1) is 17.6 Å². The fourth-order valence-electron chi connectivity index (χ4n) is 2.78. The number of aliphatic imine (C=N–C) groups is 1. The molecule has 0 aliphatic rings. The maximum absolute atomic E-state index is 6.58. The molecule has 0 fully saturated rings. The minimum atomic E-state index is 0.477. The van der Waals surface area contributed by atoms with Crippen molar-refractivity contribution in [3.05, 3.63) is 66.1 Å². The van der Waals surface area contributed by atoms with E-state index in [1.54, 1.807) is 26.4 Å². The van der Waals surface area contributed by atoms with E-state index in [2.05, 4.69) is 33.6 Å². The molecule has 5 nitrogen and oxygen atoms in total. The summed E-state index contributed by atoms with van der Waals surface area (Å²) in [5.74, 6) is 1.92. The predicted octanol–water partition coefficient (Wildman–Crippen LogP) is 5.23. The zero-order valence-electron chi connectivity index (χ0n) is 15.2. The zero-order valence-corrected chi connectivity index (χ0v) is 15.9. The number of hydrogen-bond donors (Lipinski definition) is 1. The Morgan fingerprint density at radius 1 is 1.22 bits per heavy atom. The number of benzene rings is 2. The van der Waals surface area contributed by atoms with Crippen LogP contribution >= 0.6 is 11.6 Å². The van der Waals surface area contributed by atoms with Crippen molar-refractivity contribution in [3.63, 3.8) is 0 Å². The maximum Gasteiger partial charge on any atom is 0.163 e. The third-order valence-corrected chi connectivity index (χ3v) is 4.39. The molecule has 0 saturated heterocycles. The Balaban J connectivity index is 2.24. The monoisotopic (exact) mass is 378 g/mol. The van der Waals surface area contributed by atoms with Crippen LogP contribution in [0.5, 0.6) is 5.75 Å². The van der Waals surface area contributed by atoms with Gasteiger partial charge in [0.2, 0.25) is 0 Å². The number of allylic oxidation sites excluding steroid dienone is 2. The van der Waals surface area contributed by atoms with Gasteiger partial charge in [0.25, 0.3) is 0 Å². The van der Waals surface area contributed by atoms with E-state index < -0.39 is 0 Å². The number of nitrogens with one attached hydrogen (secondary N) is 1. The largest absolute Gasteiger partial charge is 0.497 e.